The second-order valence-corrected chi connectivity index (χ2v) is 4.31. The van der Waals surface area contributed by atoms with Gasteiger partial charge in [0.1, 0.15) is 11.3 Å². The molecular formula is C14H16N2O3. The number of imidazole rings is 1. The van der Waals surface area contributed by atoms with Crippen molar-refractivity contribution in [1.82, 2.24) is 9.55 Å². The monoisotopic (exact) mass is 260 g/mol. The van der Waals surface area contributed by atoms with Crippen LogP contribution in [0.1, 0.15) is 22.3 Å². The van der Waals surface area contributed by atoms with Crippen LogP contribution in [0.5, 0.6) is 5.75 Å². The van der Waals surface area contributed by atoms with E-state index in [1.54, 1.807) is 24.7 Å². The molecule has 100 valence electrons. The molecule has 0 aliphatic heterocycles. The number of hydrogen-bond donors (Lipinski definition) is 1. The first-order chi connectivity index (χ1) is 9.16. The third-order valence-electron chi connectivity index (χ3n) is 2.74. The van der Waals surface area contributed by atoms with Crippen LogP contribution in [0.3, 0.4) is 0 Å². The molecule has 0 amide bonds. The molecule has 0 atom stereocenters. The summed E-state index contributed by atoms with van der Waals surface area (Å²) in [6, 6.07) is 5.17. The van der Waals surface area contributed by atoms with Crippen molar-refractivity contribution in [2.24, 2.45) is 0 Å². The molecule has 1 N–H and O–H groups in total. The normalized spacial score (nSPS) is 10.4. The number of aromatic nitrogens is 2. The van der Waals surface area contributed by atoms with Gasteiger partial charge < -0.3 is 14.4 Å². The average Bonchev–Trinajstić information content (AvgIpc) is 2.89. The summed E-state index contributed by atoms with van der Waals surface area (Å²) in [6.45, 7) is 3.13. The zero-order valence-corrected chi connectivity index (χ0v) is 10.7. The van der Waals surface area contributed by atoms with Crippen LogP contribution in [0.4, 0.5) is 0 Å². The lowest BCUT2D eigenvalue weighted by Crippen LogP contribution is -2.07. The molecule has 0 fully saturated rings. The number of rotatable bonds is 6. The first kappa shape index (κ1) is 13.1. The van der Waals surface area contributed by atoms with Gasteiger partial charge >= 0.3 is 5.97 Å². The van der Waals surface area contributed by atoms with Crippen molar-refractivity contribution in [2.45, 2.75) is 19.9 Å². The van der Waals surface area contributed by atoms with Gasteiger partial charge in [-0.15, -0.1) is 0 Å². The van der Waals surface area contributed by atoms with E-state index in [2.05, 4.69) is 4.98 Å². The summed E-state index contributed by atoms with van der Waals surface area (Å²) in [5, 5.41) is 9.10. The van der Waals surface area contributed by atoms with Crippen LogP contribution in [0.15, 0.2) is 36.9 Å². The maximum atomic E-state index is 11.1. The van der Waals surface area contributed by atoms with Crippen molar-refractivity contribution in [3.63, 3.8) is 0 Å². The van der Waals surface area contributed by atoms with E-state index in [1.165, 1.54) is 0 Å². The van der Waals surface area contributed by atoms with Crippen LogP contribution in [0.2, 0.25) is 0 Å². The molecule has 5 nitrogen and oxygen atoms in total. The van der Waals surface area contributed by atoms with E-state index in [1.807, 2.05) is 23.8 Å². The summed E-state index contributed by atoms with van der Waals surface area (Å²) in [6.07, 6.45) is 6.15. The Bertz CT molecular complexity index is 550. The van der Waals surface area contributed by atoms with Gasteiger partial charge in [-0.05, 0) is 25.5 Å². The second kappa shape index (κ2) is 6.04. The van der Waals surface area contributed by atoms with Gasteiger partial charge in [0.05, 0.1) is 12.9 Å². The van der Waals surface area contributed by atoms with E-state index in [4.69, 9.17) is 9.84 Å². The van der Waals surface area contributed by atoms with E-state index in [9.17, 15) is 4.79 Å². The molecule has 19 heavy (non-hydrogen) atoms. The van der Waals surface area contributed by atoms with Gasteiger partial charge in [-0.2, -0.15) is 0 Å². The van der Waals surface area contributed by atoms with Crippen molar-refractivity contribution < 1.29 is 14.6 Å². The molecule has 0 saturated heterocycles. The van der Waals surface area contributed by atoms with Crippen molar-refractivity contribution >= 4 is 5.97 Å². The first-order valence-electron chi connectivity index (χ1n) is 6.09. The highest BCUT2D eigenvalue weighted by Crippen LogP contribution is 2.20. The van der Waals surface area contributed by atoms with Crippen LogP contribution in [-0.2, 0) is 6.54 Å². The summed E-state index contributed by atoms with van der Waals surface area (Å²) in [5.41, 5.74) is 1.12. The molecule has 0 spiro atoms. The molecule has 2 rings (SSSR count). The molecule has 1 aromatic heterocycles. The van der Waals surface area contributed by atoms with Gasteiger partial charge in [-0.1, -0.05) is 11.6 Å². The predicted molar refractivity (Wildman–Crippen MR) is 70.5 cm³/mol. The lowest BCUT2D eigenvalue weighted by molar-refractivity contribution is 0.0692. The highest BCUT2D eigenvalue weighted by Gasteiger charge is 2.11. The SMILES string of the molecule is Cc1ccc(OCCCn2ccnc2)c(C(=O)O)c1. The van der Waals surface area contributed by atoms with Gasteiger partial charge in [0.2, 0.25) is 0 Å². The second-order valence-electron chi connectivity index (χ2n) is 4.31. The van der Waals surface area contributed by atoms with Gasteiger partial charge in [0.15, 0.2) is 0 Å². The Morgan fingerprint density at radius 2 is 2.32 bits per heavy atom. The molecular weight excluding hydrogens is 244 g/mol. The van der Waals surface area contributed by atoms with Gasteiger partial charge in [0.25, 0.3) is 0 Å². The zero-order valence-electron chi connectivity index (χ0n) is 10.7. The summed E-state index contributed by atoms with van der Waals surface area (Å²) in [4.78, 5) is 15.1. The minimum Gasteiger partial charge on any atom is -0.493 e. The van der Waals surface area contributed by atoms with Crippen LogP contribution in [-0.4, -0.2) is 27.2 Å². The summed E-state index contributed by atoms with van der Waals surface area (Å²) in [5.74, 6) is -0.544. The van der Waals surface area contributed by atoms with Crippen LogP contribution in [0, 0.1) is 6.92 Å². The topological polar surface area (TPSA) is 64.4 Å². The summed E-state index contributed by atoms with van der Waals surface area (Å²) >= 11 is 0. The molecule has 0 unspecified atom stereocenters. The molecule has 1 heterocycles. The van der Waals surface area contributed by atoms with Gasteiger partial charge in [-0.3, -0.25) is 0 Å². The number of nitrogens with zero attached hydrogens (tertiary/aromatic N) is 2. The van der Waals surface area contributed by atoms with Crippen LogP contribution >= 0.6 is 0 Å². The molecule has 5 heteroatoms. The number of benzene rings is 1. The minimum atomic E-state index is -0.965. The van der Waals surface area contributed by atoms with Gasteiger partial charge in [0, 0.05) is 18.9 Å². The Labute approximate surface area is 111 Å². The fourth-order valence-electron chi connectivity index (χ4n) is 1.79. The molecule has 0 bridgehead atoms. The first-order valence-corrected chi connectivity index (χ1v) is 6.09. The van der Waals surface area contributed by atoms with Gasteiger partial charge in [-0.25, -0.2) is 9.78 Å². The Hall–Kier alpha value is -2.30. The largest absolute Gasteiger partial charge is 0.493 e. The average molecular weight is 260 g/mol. The maximum Gasteiger partial charge on any atom is 0.339 e. The molecule has 0 aliphatic carbocycles. The van der Waals surface area contributed by atoms with E-state index >= 15 is 0 Å². The molecule has 1 aromatic carbocycles. The zero-order chi connectivity index (χ0) is 13.7. The lowest BCUT2D eigenvalue weighted by atomic mass is 10.1. The van der Waals surface area contributed by atoms with E-state index in [0.29, 0.717) is 12.4 Å². The maximum absolute atomic E-state index is 11.1. The van der Waals surface area contributed by atoms with Crippen molar-refractivity contribution in [2.75, 3.05) is 6.61 Å². The molecule has 2 aromatic rings. The van der Waals surface area contributed by atoms with E-state index in [0.717, 1.165) is 18.5 Å². The Morgan fingerprint density at radius 3 is 3.00 bits per heavy atom. The van der Waals surface area contributed by atoms with Crippen LogP contribution < -0.4 is 4.74 Å². The van der Waals surface area contributed by atoms with E-state index in [-0.39, 0.29) is 5.56 Å². The van der Waals surface area contributed by atoms with Crippen molar-refractivity contribution in [3.8, 4) is 5.75 Å². The number of carbonyl (C=O) groups is 1. The summed E-state index contributed by atoms with van der Waals surface area (Å²) < 4.78 is 7.49. The fraction of sp³-hybridized carbons (Fsp3) is 0.286. The minimum absolute atomic E-state index is 0.211. The Kier molecular flexibility index (Phi) is 4.18. The lowest BCUT2D eigenvalue weighted by Gasteiger charge is -2.10. The molecule has 0 saturated carbocycles. The van der Waals surface area contributed by atoms with Crippen molar-refractivity contribution in [3.05, 3.63) is 48.0 Å². The van der Waals surface area contributed by atoms with Crippen LogP contribution in [0.25, 0.3) is 0 Å². The quantitative estimate of drug-likeness (QED) is 0.810. The molecule has 0 radical (unpaired) electrons. The summed E-state index contributed by atoms with van der Waals surface area (Å²) in [7, 11) is 0. The van der Waals surface area contributed by atoms with Crippen molar-refractivity contribution in [1.29, 1.82) is 0 Å². The number of ether oxygens (including phenoxy) is 1. The number of aromatic carboxylic acids is 1. The number of carboxylic acids is 1. The smallest absolute Gasteiger partial charge is 0.339 e. The number of hydrogen-bond acceptors (Lipinski definition) is 3. The number of aryl methyl sites for hydroxylation is 2. The third kappa shape index (κ3) is 3.58. The third-order valence-corrected chi connectivity index (χ3v) is 2.74. The van der Waals surface area contributed by atoms with E-state index < -0.39 is 5.97 Å². The Morgan fingerprint density at radius 1 is 1.47 bits per heavy atom. The number of carboxylic acid groups (broad SMARTS) is 1. The Balaban J connectivity index is 1.90. The highest BCUT2D eigenvalue weighted by molar-refractivity contribution is 5.91. The predicted octanol–water partition coefficient (Wildman–Crippen LogP) is 2.36. The highest BCUT2D eigenvalue weighted by atomic mass is 16.5. The fourth-order valence-corrected chi connectivity index (χ4v) is 1.79. The molecule has 0 aliphatic rings. The standard InChI is InChI=1S/C14H16N2O3/c1-11-3-4-13(12(9-11)14(17)18)19-8-2-6-16-7-5-15-10-16/h3-5,7,9-10H,2,6,8H2,1H3,(H,17,18).